The Bertz CT molecular complexity index is 545. The number of hydrogen-bond acceptors (Lipinski definition) is 5. The van der Waals surface area contributed by atoms with E-state index in [4.69, 9.17) is 15.6 Å². The van der Waals surface area contributed by atoms with Crippen molar-refractivity contribution in [2.75, 3.05) is 23.6 Å². The molecule has 0 bridgehead atoms. The van der Waals surface area contributed by atoms with E-state index in [1.165, 1.54) is 0 Å². The summed E-state index contributed by atoms with van der Waals surface area (Å²) < 4.78 is 31.1. The molecule has 4 N–H and O–H groups in total. The van der Waals surface area contributed by atoms with E-state index >= 15 is 0 Å². The molecule has 1 aromatic carbocycles. The van der Waals surface area contributed by atoms with Crippen molar-refractivity contribution in [3.05, 3.63) is 24.3 Å². The van der Waals surface area contributed by atoms with Crippen molar-refractivity contribution in [2.24, 2.45) is 5.73 Å². The van der Waals surface area contributed by atoms with Gasteiger partial charge in [-0.25, -0.2) is 8.42 Å². The molecule has 0 aliphatic rings. The van der Waals surface area contributed by atoms with E-state index in [-0.39, 0.29) is 18.6 Å². The quantitative estimate of drug-likeness (QED) is 0.615. The van der Waals surface area contributed by atoms with Crippen LogP contribution in [-0.4, -0.2) is 38.4 Å². The van der Waals surface area contributed by atoms with Gasteiger partial charge in [0.15, 0.2) is 0 Å². The maximum absolute atomic E-state index is 11.7. The Morgan fingerprint density at radius 1 is 1.40 bits per heavy atom. The fourth-order valence-corrected chi connectivity index (χ4v) is 2.58. The number of carboxylic acids is 1. The van der Waals surface area contributed by atoms with E-state index in [0.29, 0.717) is 24.6 Å². The van der Waals surface area contributed by atoms with E-state index in [9.17, 15) is 13.2 Å². The van der Waals surface area contributed by atoms with Crippen molar-refractivity contribution in [1.29, 1.82) is 0 Å². The van der Waals surface area contributed by atoms with Crippen LogP contribution in [-0.2, 0) is 14.8 Å². The Labute approximate surface area is 117 Å². The average molecular weight is 302 g/mol. The maximum Gasteiger partial charge on any atom is 0.303 e. The predicted molar refractivity (Wildman–Crippen MR) is 75.3 cm³/mol. The second-order valence-electron chi connectivity index (χ2n) is 4.08. The lowest BCUT2D eigenvalue weighted by Crippen LogP contribution is -2.17. The van der Waals surface area contributed by atoms with Gasteiger partial charge >= 0.3 is 5.97 Å². The van der Waals surface area contributed by atoms with Crippen molar-refractivity contribution in [1.82, 2.24) is 0 Å². The molecule has 1 aromatic rings. The number of benzene rings is 1. The van der Waals surface area contributed by atoms with Crippen molar-refractivity contribution < 1.29 is 23.1 Å². The van der Waals surface area contributed by atoms with Gasteiger partial charge in [-0.15, -0.1) is 0 Å². The molecular formula is C12H18N2O5S. The van der Waals surface area contributed by atoms with E-state index in [1.807, 2.05) is 0 Å². The SMILES string of the molecule is NCCOc1cccc(NS(=O)(=O)CCCC(=O)O)c1. The van der Waals surface area contributed by atoms with Gasteiger partial charge in [0, 0.05) is 19.0 Å². The third kappa shape index (κ3) is 6.39. The molecular weight excluding hydrogens is 284 g/mol. The molecule has 20 heavy (non-hydrogen) atoms. The van der Waals surface area contributed by atoms with Gasteiger partial charge in [0.2, 0.25) is 10.0 Å². The highest BCUT2D eigenvalue weighted by molar-refractivity contribution is 7.92. The summed E-state index contributed by atoms with van der Waals surface area (Å²) >= 11 is 0. The van der Waals surface area contributed by atoms with E-state index in [2.05, 4.69) is 4.72 Å². The predicted octanol–water partition coefficient (Wildman–Crippen LogP) is 0.631. The summed E-state index contributed by atoms with van der Waals surface area (Å²) in [4.78, 5) is 10.3. The van der Waals surface area contributed by atoms with Crippen LogP contribution in [0.1, 0.15) is 12.8 Å². The zero-order valence-corrected chi connectivity index (χ0v) is 11.7. The van der Waals surface area contributed by atoms with Gasteiger partial charge < -0.3 is 15.6 Å². The van der Waals surface area contributed by atoms with Crippen LogP contribution in [0.15, 0.2) is 24.3 Å². The van der Waals surface area contributed by atoms with Crippen molar-refractivity contribution in [2.45, 2.75) is 12.8 Å². The van der Waals surface area contributed by atoms with Crippen LogP contribution >= 0.6 is 0 Å². The number of carboxylic acid groups (broad SMARTS) is 1. The number of sulfonamides is 1. The summed E-state index contributed by atoms with van der Waals surface area (Å²) in [6.45, 7) is 0.708. The molecule has 0 radical (unpaired) electrons. The number of nitrogens with one attached hydrogen (secondary N) is 1. The first-order valence-corrected chi connectivity index (χ1v) is 7.73. The Hall–Kier alpha value is -1.80. The highest BCUT2D eigenvalue weighted by Gasteiger charge is 2.11. The average Bonchev–Trinajstić information content (AvgIpc) is 2.35. The Morgan fingerprint density at radius 2 is 2.15 bits per heavy atom. The zero-order valence-electron chi connectivity index (χ0n) is 10.9. The first-order chi connectivity index (χ1) is 9.43. The Kier molecular flexibility index (Phi) is 6.26. The number of nitrogens with two attached hydrogens (primary N) is 1. The molecule has 0 atom stereocenters. The monoisotopic (exact) mass is 302 g/mol. The third-order valence-electron chi connectivity index (χ3n) is 2.30. The fraction of sp³-hybridized carbons (Fsp3) is 0.417. The zero-order chi connectivity index (χ0) is 15.0. The van der Waals surface area contributed by atoms with E-state index in [1.54, 1.807) is 24.3 Å². The summed E-state index contributed by atoms with van der Waals surface area (Å²) in [5, 5.41) is 8.48. The lowest BCUT2D eigenvalue weighted by atomic mass is 10.3. The highest BCUT2D eigenvalue weighted by Crippen LogP contribution is 2.18. The van der Waals surface area contributed by atoms with Crippen LogP contribution in [0.2, 0.25) is 0 Å². The van der Waals surface area contributed by atoms with Crippen LogP contribution in [0.25, 0.3) is 0 Å². The van der Waals surface area contributed by atoms with Gasteiger partial charge in [-0.05, 0) is 18.6 Å². The number of hydrogen-bond donors (Lipinski definition) is 3. The van der Waals surface area contributed by atoms with E-state index in [0.717, 1.165) is 0 Å². The molecule has 0 unspecified atom stereocenters. The number of anilines is 1. The van der Waals surface area contributed by atoms with Crippen LogP contribution < -0.4 is 15.2 Å². The van der Waals surface area contributed by atoms with Gasteiger partial charge in [0.1, 0.15) is 12.4 Å². The largest absolute Gasteiger partial charge is 0.492 e. The van der Waals surface area contributed by atoms with Crippen LogP contribution in [0.3, 0.4) is 0 Å². The number of ether oxygens (including phenoxy) is 1. The smallest absolute Gasteiger partial charge is 0.303 e. The molecule has 0 saturated heterocycles. The summed E-state index contributed by atoms with van der Waals surface area (Å²) in [6.07, 6.45) is -0.116. The van der Waals surface area contributed by atoms with Crippen molar-refractivity contribution in [3.63, 3.8) is 0 Å². The minimum Gasteiger partial charge on any atom is -0.492 e. The van der Waals surface area contributed by atoms with Crippen LogP contribution in [0.5, 0.6) is 5.75 Å². The Morgan fingerprint density at radius 3 is 2.80 bits per heavy atom. The molecule has 0 aliphatic heterocycles. The third-order valence-corrected chi connectivity index (χ3v) is 3.67. The number of aliphatic carboxylic acids is 1. The summed E-state index contributed by atoms with van der Waals surface area (Å²) in [6, 6.07) is 6.48. The molecule has 0 heterocycles. The molecule has 0 spiro atoms. The molecule has 0 amide bonds. The Balaban J connectivity index is 2.60. The molecule has 1 rings (SSSR count). The molecule has 112 valence electrons. The summed E-state index contributed by atoms with van der Waals surface area (Å²) in [5.74, 6) is -0.744. The minimum atomic E-state index is -3.56. The summed E-state index contributed by atoms with van der Waals surface area (Å²) in [7, 11) is -3.56. The van der Waals surface area contributed by atoms with Crippen LogP contribution in [0, 0.1) is 0 Å². The minimum absolute atomic E-state index is 0.0635. The highest BCUT2D eigenvalue weighted by atomic mass is 32.2. The van der Waals surface area contributed by atoms with E-state index < -0.39 is 16.0 Å². The molecule has 8 heteroatoms. The van der Waals surface area contributed by atoms with Crippen LogP contribution in [0.4, 0.5) is 5.69 Å². The topological polar surface area (TPSA) is 119 Å². The molecule has 0 saturated carbocycles. The van der Waals surface area contributed by atoms with Crippen molar-refractivity contribution in [3.8, 4) is 5.75 Å². The standard InChI is InChI=1S/C12H18N2O5S/c13-6-7-19-11-4-1-3-10(9-11)14-20(17,18)8-2-5-12(15)16/h1,3-4,9,14H,2,5-8,13H2,(H,15,16). The number of rotatable bonds is 9. The van der Waals surface area contributed by atoms with Gasteiger partial charge in [-0.1, -0.05) is 6.07 Å². The van der Waals surface area contributed by atoms with Crippen molar-refractivity contribution >= 4 is 21.7 Å². The second-order valence-corrected chi connectivity index (χ2v) is 5.93. The first kappa shape index (κ1) is 16.3. The fourth-order valence-electron chi connectivity index (χ4n) is 1.47. The first-order valence-electron chi connectivity index (χ1n) is 6.08. The lowest BCUT2D eigenvalue weighted by Gasteiger charge is -2.09. The summed E-state index contributed by atoms with van der Waals surface area (Å²) in [5.41, 5.74) is 5.68. The lowest BCUT2D eigenvalue weighted by molar-refractivity contribution is -0.137. The van der Waals surface area contributed by atoms with Gasteiger partial charge in [0.25, 0.3) is 0 Å². The molecule has 0 aromatic heterocycles. The molecule has 0 aliphatic carbocycles. The normalized spacial score (nSPS) is 11.1. The molecule has 7 nitrogen and oxygen atoms in total. The van der Waals surface area contributed by atoms with Gasteiger partial charge in [-0.3, -0.25) is 9.52 Å². The number of carbonyl (C=O) groups is 1. The maximum atomic E-state index is 11.7. The van der Waals surface area contributed by atoms with Gasteiger partial charge in [0.05, 0.1) is 11.4 Å². The van der Waals surface area contributed by atoms with Gasteiger partial charge in [-0.2, -0.15) is 0 Å². The second kappa shape index (κ2) is 7.71. The molecule has 0 fully saturated rings.